The van der Waals surface area contributed by atoms with Gasteiger partial charge in [-0.2, -0.15) is 0 Å². The molecule has 1 aromatic carbocycles. The predicted octanol–water partition coefficient (Wildman–Crippen LogP) is 2.17. The number of benzene rings is 1. The molecular weight excluding hydrogens is 176 g/mol. The van der Waals surface area contributed by atoms with Crippen molar-refractivity contribution in [2.24, 2.45) is 0 Å². The van der Waals surface area contributed by atoms with Crippen molar-refractivity contribution in [2.45, 2.75) is 13.8 Å². The average Bonchev–Trinajstić information content (AvgIpc) is 2.07. The molecular formula is C11H14N2O. The lowest BCUT2D eigenvalue weighted by Crippen LogP contribution is -2.01. The van der Waals surface area contributed by atoms with Crippen LogP contribution >= 0.6 is 0 Å². The van der Waals surface area contributed by atoms with E-state index in [1.54, 1.807) is 0 Å². The Kier molecular flexibility index (Phi) is 3.29. The van der Waals surface area contributed by atoms with E-state index in [0.717, 1.165) is 11.4 Å². The second-order valence-corrected chi connectivity index (χ2v) is 3.15. The molecule has 0 unspecified atom stereocenters. The minimum absolute atomic E-state index is 0.0181. The lowest BCUT2D eigenvalue weighted by molar-refractivity contribution is -0.112. The summed E-state index contributed by atoms with van der Waals surface area (Å²) in [5, 5.41) is 3.06. The maximum Gasteiger partial charge on any atom is 0.154 e. The largest absolute Gasteiger partial charge is 0.397 e. The first-order valence-corrected chi connectivity index (χ1v) is 4.40. The molecule has 0 heterocycles. The molecule has 1 rings (SSSR count). The van der Waals surface area contributed by atoms with Crippen molar-refractivity contribution in [3.63, 3.8) is 0 Å². The van der Waals surface area contributed by atoms with Crippen LogP contribution in [0.15, 0.2) is 36.0 Å². The maximum absolute atomic E-state index is 10.8. The van der Waals surface area contributed by atoms with Crippen molar-refractivity contribution < 1.29 is 4.79 Å². The summed E-state index contributed by atoms with van der Waals surface area (Å²) in [4.78, 5) is 10.8. The van der Waals surface area contributed by atoms with Crippen molar-refractivity contribution in [1.29, 1.82) is 0 Å². The van der Waals surface area contributed by atoms with Gasteiger partial charge in [0.15, 0.2) is 5.78 Å². The summed E-state index contributed by atoms with van der Waals surface area (Å²) >= 11 is 0. The quantitative estimate of drug-likeness (QED) is 0.567. The van der Waals surface area contributed by atoms with E-state index < -0.39 is 0 Å². The van der Waals surface area contributed by atoms with Crippen LogP contribution in [0.4, 0.5) is 11.4 Å². The summed E-state index contributed by atoms with van der Waals surface area (Å²) in [5.74, 6) is 0.0181. The van der Waals surface area contributed by atoms with Gasteiger partial charge in [0, 0.05) is 5.70 Å². The first-order chi connectivity index (χ1) is 6.59. The van der Waals surface area contributed by atoms with Crippen LogP contribution in [0.2, 0.25) is 0 Å². The third-order valence-corrected chi connectivity index (χ3v) is 1.71. The molecule has 1 aromatic rings. The molecule has 0 atom stereocenters. The van der Waals surface area contributed by atoms with E-state index in [-0.39, 0.29) is 5.78 Å². The van der Waals surface area contributed by atoms with Gasteiger partial charge in [-0.05, 0) is 32.1 Å². The molecule has 0 bridgehead atoms. The summed E-state index contributed by atoms with van der Waals surface area (Å²) in [6.45, 7) is 3.34. The topological polar surface area (TPSA) is 55.1 Å². The highest BCUT2D eigenvalue weighted by Gasteiger charge is 1.97. The standard InChI is InChI=1S/C11H14N2O/c1-8(7-9(2)14)13-11-6-4-3-5-10(11)12/h3-7,13H,12H2,1-2H3/b8-7+. The molecule has 74 valence electrons. The lowest BCUT2D eigenvalue weighted by Gasteiger charge is -2.08. The Morgan fingerprint density at radius 1 is 1.36 bits per heavy atom. The molecule has 0 saturated carbocycles. The van der Waals surface area contributed by atoms with Crippen LogP contribution in [0.1, 0.15) is 13.8 Å². The highest BCUT2D eigenvalue weighted by atomic mass is 16.1. The first-order valence-electron chi connectivity index (χ1n) is 4.40. The fourth-order valence-corrected chi connectivity index (χ4v) is 1.16. The molecule has 0 aliphatic heterocycles. The summed E-state index contributed by atoms with van der Waals surface area (Å²) in [7, 11) is 0. The zero-order valence-electron chi connectivity index (χ0n) is 8.37. The van der Waals surface area contributed by atoms with E-state index in [1.165, 1.54) is 13.0 Å². The fourth-order valence-electron chi connectivity index (χ4n) is 1.16. The number of nitrogens with two attached hydrogens (primary N) is 1. The van der Waals surface area contributed by atoms with Crippen LogP contribution in [0.3, 0.4) is 0 Å². The number of nitrogen functional groups attached to an aromatic ring is 1. The lowest BCUT2D eigenvalue weighted by atomic mass is 10.2. The Labute approximate surface area is 83.6 Å². The predicted molar refractivity (Wildman–Crippen MR) is 58.9 cm³/mol. The second kappa shape index (κ2) is 4.46. The maximum atomic E-state index is 10.8. The number of para-hydroxylation sites is 2. The Balaban J connectivity index is 2.79. The Bertz CT molecular complexity index is 369. The van der Waals surface area contributed by atoms with Gasteiger partial charge in [0.1, 0.15) is 0 Å². The van der Waals surface area contributed by atoms with Crippen LogP contribution < -0.4 is 11.1 Å². The zero-order chi connectivity index (χ0) is 10.6. The van der Waals surface area contributed by atoms with Gasteiger partial charge in [-0.15, -0.1) is 0 Å². The van der Waals surface area contributed by atoms with Crippen molar-refractivity contribution >= 4 is 17.2 Å². The second-order valence-electron chi connectivity index (χ2n) is 3.15. The van der Waals surface area contributed by atoms with Gasteiger partial charge in [-0.25, -0.2) is 0 Å². The Morgan fingerprint density at radius 3 is 2.57 bits per heavy atom. The molecule has 0 fully saturated rings. The highest BCUT2D eigenvalue weighted by Crippen LogP contribution is 2.18. The number of carbonyl (C=O) groups is 1. The third-order valence-electron chi connectivity index (χ3n) is 1.71. The molecule has 0 radical (unpaired) electrons. The number of ketones is 1. The summed E-state index contributed by atoms with van der Waals surface area (Å²) in [5.41, 5.74) is 8.00. The summed E-state index contributed by atoms with van der Waals surface area (Å²) in [6.07, 6.45) is 1.53. The zero-order valence-corrected chi connectivity index (χ0v) is 8.37. The van der Waals surface area contributed by atoms with E-state index in [0.29, 0.717) is 5.69 Å². The molecule has 0 saturated heterocycles. The molecule has 3 heteroatoms. The van der Waals surface area contributed by atoms with Crippen molar-refractivity contribution in [3.05, 3.63) is 36.0 Å². The number of hydrogen-bond acceptors (Lipinski definition) is 3. The molecule has 14 heavy (non-hydrogen) atoms. The Hall–Kier alpha value is -1.77. The Morgan fingerprint density at radius 2 is 2.00 bits per heavy atom. The van der Waals surface area contributed by atoms with Gasteiger partial charge in [0.05, 0.1) is 11.4 Å². The number of rotatable bonds is 3. The summed E-state index contributed by atoms with van der Waals surface area (Å²) < 4.78 is 0. The van der Waals surface area contributed by atoms with Crippen LogP contribution in [0, 0.1) is 0 Å². The van der Waals surface area contributed by atoms with Crippen molar-refractivity contribution in [1.82, 2.24) is 0 Å². The SMILES string of the molecule is CC(=O)/C=C(\C)Nc1ccccc1N. The molecule has 3 N–H and O–H groups in total. The van der Waals surface area contributed by atoms with Crippen LogP contribution in [0.25, 0.3) is 0 Å². The minimum Gasteiger partial charge on any atom is -0.397 e. The fraction of sp³-hybridized carbons (Fsp3) is 0.182. The van der Waals surface area contributed by atoms with Gasteiger partial charge in [0.25, 0.3) is 0 Å². The van der Waals surface area contributed by atoms with E-state index in [1.807, 2.05) is 31.2 Å². The number of nitrogens with one attached hydrogen (secondary N) is 1. The van der Waals surface area contributed by atoms with Gasteiger partial charge in [-0.1, -0.05) is 12.1 Å². The average molecular weight is 190 g/mol. The number of hydrogen-bond donors (Lipinski definition) is 2. The van der Waals surface area contributed by atoms with E-state index in [4.69, 9.17) is 5.73 Å². The molecule has 0 aliphatic rings. The number of allylic oxidation sites excluding steroid dienone is 2. The smallest absolute Gasteiger partial charge is 0.154 e. The summed E-state index contributed by atoms with van der Waals surface area (Å²) in [6, 6.07) is 7.43. The number of carbonyl (C=O) groups excluding carboxylic acids is 1. The third kappa shape index (κ3) is 2.94. The minimum atomic E-state index is 0.0181. The van der Waals surface area contributed by atoms with Gasteiger partial charge in [-0.3, -0.25) is 4.79 Å². The van der Waals surface area contributed by atoms with Crippen LogP contribution in [-0.4, -0.2) is 5.78 Å². The van der Waals surface area contributed by atoms with Crippen molar-refractivity contribution in [3.8, 4) is 0 Å². The first kappa shape index (κ1) is 10.3. The number of anilines is 2. The molecule has 0 amide bonds. The van der Waals surface area contributed by atoms with Crippen molar-refractivity contribution in [2.75, 3.05) is 11.1 Å². The molecule has 0 spiro atoms. The van der Waals surface area contributed by atoms with Crippen LogP contribution in [0.5, 0.6) is 0 Å². The van der Waals surface area contributed by atoms with Gasteiger partial charge in [0.2, 0.25) is 0 Å². The van der Waals surface area contributed by atoms with Gasteiger partial charge < -0.3 is 11.1 Å². The monoisotopic (exact) mass is 190 g/mol. The van der Waals surface area contributed by atoms with E-state index in [2.05, 4.69) is 5.32 Å². The van der Waals surface area contributed by atoms with E-state index >= 15 is 0 Å². The van der Waals surface area contributed by atoms with Crippen LogP contribution in [-0.2, 0) is 4.79 Å². The molecule has 0 aromatic heterocycles. The molecule has 3 nitrogen and oxygen atoms in total. The highest BCUT2D eigenvalue weighted by molar-refractivity contribution is 5.88. The van der Waals surface area contributed by atoms with Gasteiger partial charge >= 0.3 is 0 Å². The molecule has 0 aliphatic carbocycles. The normalized spacial score (nSPS) is 11.1. The van der Waals surface area contributed by atoms with E-state index in [9.17, 15) is 4.79 Å².